The summed E-state index contributed by atoms with van der Waals surface area (Å²) >= 11 is 0. The molecule has 2 aromatic carbocycles. The monoisotopic (exact) mass is 358 g/mol. The fraction of sp³-hybridized carbons (Fsp3) is 0.0909. The van der Waals surface area contributed by atoms with E-state index in [1.54, 1.807) is 42.7 Å². The van der Waals surface area contributed by atoms with Gasteiger partial charge in [-0.15, -0.1) is 0 Å². The third kappa shape index (κ3) is 3.82. The maximum absolute atomic E-state index is 12.1. The van der Waals surface area contributed by atoms with Crippen LogP contribution in [0.2, 0.25) is 0 Å². The summed E-state index contributed by atoms with van der Waals surface area (Å²) in [5.74, 6) is 0.942. The number of hydrogen-bond acceptors (Lipinski definition) is 4. The smallest absolute Gasteiger partial charge is 0.248 e. The van der Waals surface area contributed by atoms with Crippen LogP contribution in [0, 0.1) is 13.8 Å². The van der Waals surface area contributed by atoms with Gasteiger partial charge in [-0.05, 0) is 62.4 Å². The molecule has 0 aliphatic carbocycles. The lowest BCUT2D eigenvalue weighted by atomic mass is 10.1. The van der Waals surface area contributed by atoms with Crippen molar-refractivity contribution in [3.8, 4) is 11.5 Å². The second-order valence-electron chi connectivity index (χ2n) is 6.42. The molecule has 134 valence electrons. The Balaban J connectivity index is 1.56. The first-order valence-corrected chi connectivity index (χ1v) is 8.59. The molecule has 0 unspecified atom stereocenters. The van der Waals surface area contributed by atoms with Crippen molar-refractivity contribution in [3.05, 3.63) is 77.8 Å². The van der Waals surface area contributed by atoms with Crippen molar-refractivity contribution in [2.24, 2.45) is 0 Å². The van der Waals surface area contributed by atoms with E-state index >= 15 is 0 Å². The minimum Gasteiger partial charge on any atom is -0.465 e. The summed E-state index contributed by atoms with van der Waals surface area (Å²) < 4.78 is 11.0. The zero-order valence-corrected chi connectivity index (χ0v) is 15.0. The van der Waals surface area contributed by atoms with Gasteiger partial charge in [-0.2, -0.15) is 0 Å². The summed E-state index contributed by atoms with van der Waals surface area (Å²) in [6.07, 6.45) is 4.60. The van der Waals surface area contributed by atoms with Crippen molar-refractivity contribution in [3.63, 3.8) is 0 Å². The number of nitrogens with one attached hydrogen (secondary N) is 1. The summed E-state index contributed by atoms with van der Waals surface area (Å²) in [4.78, 5) is 16.6. The first-order chi connectivity index (χ1) is 13.1. The Morgan fingerprint density at radius 2 is 1.89 bits per heavy atom. The Morgan fingerprint density at radius 1 is 1.07 bits per heavy atom. The van der Waals surface area contributed by atoms with E-state index in [1.165, 1.54) is 6.08 Å². The van der Waals surface area contributed by atoms with Gasteiger partial charge in [0.1, 0.15) is 11.3 Å². The molecule has 1 N–H and O–H groups in total. The Kier molecular flexibility index (Phi) is 4.34. The normalized spacial score (nSPS) is 11.3. The number of hydrogen-bond donors (Lipinski definition) is 1. The summed E-state index contributed by atoms with van der Waals surface area (Å²) in [6, 6.07) is 15.1. The zero-order valence-electron chi connectivity index (χ0n) is 15.0. The van der Waals surface area contributed by atoms with Gasteiger partial charge in [-0.1, -0.05) is 17.2 Å². The van der Waals surface area contributed by atoms with Crippen LogP contribution < -0.4 is 5.32 Å². The highest BCUT2D eigenvalue weighted by Crippen LogP contribution is 2.27. The molecule has 0 aliphatic rings. The third-order valence-electron chi connectivity index (χ3n) is 4.07. The molecule has 0 radical (unpaired) electrons. The molecule has 0 aliphatic heterocycles. The lowest BCUT2D eigenvalue weighted by Crippen LogP contribution is -2.07. The van der Waals surface area contributed by atoms with E-state index in [2.05, 4.69) is 16.4 Å². The van der Waals surface area contributed by atoms with Crippen molar-refractivity contribution in [2.45, 2.75) is 13.8 Å². The van der Waals surface area contributed by atoms with Crippen LogP contribution in [-0.2, 0) is 4.79 Å². The number of oxazole rings is 1. The average Bonchev–Trinajstić information content (AvgIpc) is 3.28. The zero-order chi connectivity index (χ0) is 18.8. The van der Waals surface area contributed by atoms with E-state index in [0.29, 0.717) is 28.4 Å². The number of benzene rings is 2. The van der Waals surface area contributed by atoms with Crippen LogP contribution in [0.5, 0.6) is 0 Å². The maximum atomic E-state index is 12.1. The number of carbonyl (C=O) groups is 1. The Labute approximate surface area is 156 Å². The van der Waals surface area contributed by atoms with E-state index in [4.69, 9.17) is 8.83 Å². The molecule has 0 atom stereocenters. The number of furan rings is 1. The van der Waals surface area contributed by atoms with Gasteiger partial charge >= 0.3 is 0 Å². The van der Waals surface area contributed by atoms with Crippen molar-refractivity contribution >= 4 is 28.8 Å². The van der Waals surface area contributed by atoms with Crippen LogP contribution >= 0.6 is 0 Å². The van der Waals surface area contributed by atoms with Gasteiger partial charge in [-0.3, -0.25) is 4.79 Å². The third-order valence-corrected chi connectivity index (χ3v) is 4.07. The molecular weight excluding hydrogens is 340 g/mol. The SMILES string of the molecule is Cc1cc(C)cc(-c2nc3cc(NC(=O)/C=C/c4ccco4)ccc3o2)c1. The molecule has 0 spiro atoms. The summed E-state index contributed by atoms with van der Waals surface area (Å²) in [6.45, 7) is 4.09. The molecule has 0 bridgehead atoms. The number of nitrogens with zero attached hydrogens (tertiary/aromatic N) is 1. The highest BCUT2D eigenvalue weighted by Gasteiger charge is 2.10. The van der Waals surface area contributed by atoms with Crippen molar-refractivity contribution in [2.75, 3.05) is 5.32 Å². The number of amides is 1. The predicted molar refractivity (Wildman–Crippen MR) is 105 cm³/mol. The van der Waals surface area contributed by atoms with E-state index < -0.39 is 0 Å². The fourth-order valence-electron chi connectivity index (χ4n) is 2.95. The second kappa shape index (κ2) is 6.96. The largest absolute Gasteiger partial charge is 0.465 e. The molecule has 4 aromatic rings. The Bertz CT molecular complexity index is 1120. The minimum absolute atomic E-state index is 0.247. The Hall–Kier alpha value is -3.60. The van der Waals surface area contributed by atoms with Gasteiger partial charge in [0.05, 0.1) is 6.26 Å². The molecule has 27 heavy (non-hydrogen) atoms. The van der Waals surface area contributed by atoms with Crippen LogP contribution in [0.3, 0.4) is 0 Å². The lowest BCUT2D eigenvalue weighted by Gasteiger charge is -2.00. The molecule has 0 fully saturated rings. The van der Waals surface area contributed by atoms with Crippen LogP contribution in [0.15, 0.2) is 69.7 Å². The van der Waals surface area contributed by atoms with Crippen molar-refractivity contribution < 1.29 is 13.6 Å². The minimum atomic E-state index is -0.247. The molecule has 2 aromatic heterocycles. The number of aryl methyl sites for hydroxylation is 2. The molecule has 5 nitrogen and oxygen atoms in total. The predicted octanol–water partition coefficient (Wildman–Crippen LogP) is 5.36. The number of carbonyl (C=O) groups excluding carboxylic acids is 1. The van der Waals surface area contributed by atoms with Crippen molar-refractivity contribution in [1.82, 2.24) is 4.98 Å². The summed E-state index contributed by atoms with van der Waals surface area (Å²) in [5, 5.41) is 2.81. The topological polar surface area (TPSA) is 68.3 Å². The second-order valence-corrected chi connectivity index (χ2v) is 6.42. The molecule has 5 heteroatoms. The van der Waals surface area contributed by atoms with E-state index in [-0.39, 0.29) is 5.91 Å². The molecule has 1 amide bonds. The number of anilines is 1. The number of aromatic nitrogens is 1. The summed E-state index contributed by atoms with van der Waals surface area (Å²) in [7, 11) is 0. The van der Waals surface area contributed by atoms with Gasteiger partial charge in [0, 0.05) is 17.3 Å². The van der Waals surface area contributed by atoms with Gasteiger partial charge in [0.25, 0.3) is 0 Å². The molecule has 0 saturated heterocycles. The number of fused-ring (bicyclic) bond motifs is 1. The maximum Gasteiger partial charge on any atom is 0.248 e. The Morgan fingerprint density at radius 3 is 2.63 bits per heavy atom. The number of rotatable bonds is 4. The lowest BCUT2D eigenvalue weighted by molar-refractivity contribution is -0.111. The fourth-order valence-corrected chi connectivity index (χ4v) is 2.95. The van der Waals surface area contributed by atoms with Crippen LogP contribution in [0.1, 0.15) is 16.9 Å². The molecule has 4 rings (SSSR count). The van der Waals surface area contributed by atoms with E-state index in [1.807, 2.05) is 26.0 Å². The van der Waals surface area contributed by atoms with Crippen LogP contribution in [0.25, 0.3) is 28.6 Å². The van der Waals surface area contributed by atoms with Crippen LogP contribution in [-0.4, -0.2) is 10.9 Å². The molecule has 2 heterocycles. The van der Waals surface area contributed by atoms with Crippen molar-refractivity contribution in [1.29, 1.82) is 0 Å². The van der Waals surface area contributed by atoms with Gasteiger partial charge in [-0.25, -0.2) is 4.98 Å². The highest BCUT2D eigenvalue weighted by molar-refractivity contribution is 6.02. The van der Waals surface area contributed by atoms with Gasteiger partial charge in [0.15, 0.2) is 5.58 Å². The average molecular weight is 358 g/mol. The van der Waals surface area contributed by atoms with E-state index in [9.17, 15) is 4.79 Å². The first-order valence-electron chi connectivity index (χ1n) is 8.59. The quantitative estimate of drug-likeness (QED) is 0.499. The van der Waals surface area contributed by atoms with Gasteiger partial charge < -0.3 is 14.2 Å². The first kappa shape index (κ1) is 16.8. The highest BCUT2D eigenvalue weighted by atomic mass is 16.3. The molecular formula is C22H18N2O3. The van der Waals surface area contributed by atoms with Crippen LogP contribution in [0.4, 0.5) is 5.69 Å². The molecule has 0 saturated carbocycles. The standard InChI is InChI=1S/C22H18N2O3/c1-14-10-15(2)12-16(11-14)22-24-19-13-17(5-7-20(19)27-22)23-21(25)8-6-18-4-3-9-26-18/h3-13H,1-2H3,(H,23,25)/b8-6+. The van der Waals surface area contributed by atoms with E-state index in [0.717, 1.165) is 16.7 Å². The van der Waals surface area contributed by atoms with Gasteiger partial charge in [0.2, 0.25) is 11.8 Å². The summed E-state index contributed by atoms with van der Waals surface area (Å²) in [5.41, 5.74) is 5.27.